The first-order valence-electron chi connectivity index (χ1n) is 5.76. The van der Waals surface area contributed by atoms with Crippen LogP contribution in [-0.2, 0) is 6.61 Å². The summed E-state index contributed by atoms with van der Waals surface area (Å²) in [6.45, 7) is -0.167. The Morgan fingerprint density at radius 2 is 1.90 bits per heavy atom. The standard InChI is InChI=1S/C14H12F2N2O2/c15-11-6-3-4-9(13(11)16)8-20-12-7-2-1-5-10(12)14(17)18-19/h1-7,19H,8H2,(H2,17,18). The summed E-state index contributed by atoms with van der Waals surface area (Å²) in [6.07, 6.45) is 0. The van der Waals surface area contributed by atoms with Crippen molar-refractivity contribution in [1.29, 1.82) is 0 Å². The molecule has 2 aromatic rings. The molecule has 0 bridgehead atoms. The maximum Gasteiger partial charge on any atom is 0.173 e. The molecule has 0 saturated heterocycles. The average molecular weight is 278 g/mol. The lowest BCUT2D eigenvalue weighted by molar-refractivity contribution is 0.295. The highest BCUT2D eigenvalue weighted by atomic mass is 19.2. The fourth-order valence-electron chi connectivity index (χ4n) is 1.67. The van der Waals surface area contributed by atoms with E-state index in [4.69, 9.17) is 15.7 Å². The molecule has 0 heterocycles. The minimum atomic E-state index is -0.950. The number of rotatable bonds is 4. The smallest absolute Gasteiger partial charge is 0.173 e. The van der Waals surface area contributed by atoms with Crippen LogP contribution in [0.5, 0.6) is 5.75 Å². The maximum atomic E-state index is 13.5. The Kier molecular flexibility index (Phi) is 4.14. The molecule has 4 nitrogen and oxygen atoms in total. The van der Waals surface area contributed by atoms with Gasteiger partial charge in [0, 0.05) is 5.56 Å². The molecule has 20 heavy (non-hydrogen) atoms. The molecular weight excluding hydrogens is 266 g/mol. The van der Waals surface area contributed by atoms with Gasteiger partial charge in [-0.3, -0.25) is 0 Å². The van der Waals surface area contributed by atoms with E-state index in [0.29, 0.717) is 11.3 Å². The third-order valence-electron chi connectivity index (χ3n) is 2.69. The van der Waals surface area contributed by atoms with Crippen LogP contribution in [0.3, 0.4) is 0 Å². The molecule has 0 unspecified atom stereocenters. The zero-order valence-electron chi connectivity index (χ0n) is 10.4. The average Bonchev–Trinajstić information content (AvgIpc) is 2.48. The van der Waals surface area contributed by atoms with Crippen LogP contribution in [0.25, 0.3) is 0 Å². The van der Waals surface area contributed by atoms with E-state index >= 15 is 0 Å². The number of nitrogens with zero attached hydrogens (tertiary/aromatic N) is 1. The van der Waals surface area contributed by atoms with Gasteiger partial charge in [-0.2, -0.15) is 0 Å². The number of ether oxygens (including phenoxy) is 1. The summed E-state index contributed by atoms with van der Waals surface area (Å²) in [5.41, 5.74) is 5.95. The Morgan fingerprint density at radius 3 is 2.65 bits per heavy atom. The molecule has 0 saturated carbocycles. The number of oxime groups is 1. The van der Waals surface area contributed by atoms with Gasteiger partial charge in [-0.1, -0.05) is 29.4 Å². The van der Waals surface area contributed by atoms with Crippen LogP contribution in [0.1, 0.15) is 11.1 Å². The van der Waals surface area contributed by atoms with Crippen LogP contribution in [0.4, 0.5) is 8.78 Å². The van der Waals surface area contributed by atoms with E-state index in [1.54, 1.807) is 24.3 Å². The van der Waals surface area contributed by atoms with Gasteiger partial charge in [0.25, 0.3) is 0 Å². The van der Waals surface area contributed by atoms with E-state index in [1.807, 2.05) is 0 Å². The summed E-state index contributed by atoms with van der Waals surface area (Å²) >= 11 is 0. The van der Waals surface area contributed by atoms with Crippen LogP contribution < -0.4 is 10.5 Å². The molecule has 104 valence electrons. The molecule has 0 spiro atoms. The van der Waals surface area contributed by atoms with Crippen LogP contribution in [0, 0.1) is 11.6 Å². The largest absolute Gasteiger partial charge is 0.488 e. The number of hydrogen-bond acceptors (Lipinski definition) is 3. The van der Waals surface area contributed by atoms with Crippen LogP contribution in [0.15, 0.2) is 47.6 Å². The molecular formula is C14H12F2N2O2. The van der Waals surface area contributed by atoms with Gasteiger partial charge in [0.1, 0.15) is 12.4 Å². The van der Waals surface area contributed by atoms with E-state index < -0.39 is 11.6 Å². The summed E-state index contributed by atoms with van der Waals surface area (Å²) in [5.74, 6) is -1.70. The SMILES string of the molecule is N/C(=N\O)c1ccccc1OCc1cccc(F)c1F. The van der Waals surface area contributed by atoms with Crippen molar-refractivity contribution in [3.8, 4) is 5.75 Å². The first kappa shape index (κ1) is 13.8. The van der Waals surface area contributed by atoms with Crippen molar-refractivity contribution in [1.82, 2.24) is 0 Å². The third kappa shape index (κ3) is 2.85. The summed E-state index contributed by atoms with van der Waals surface area (Å²) in [7, 11) is 0. The van der Waals surface area contributed by atoms with E-state index in [2.05, 4.69) is 5.16 Å². The van der Waals surface area contributed by atoms with Crippen molar-refractivity contribution < 1.29 is 18.7 Å². The molecule has 0 atom stereocenters. The molecule has 0 amide bonds. The Bertz CT molecular complexity index is 645. The van der Waals surface area contributed by atoms with Crippen LogP contribution in [-0.4, -0.2) is 11.0 Å². The third-order valence-corrected chi connectivity index (χ3v) is 2.69. The molecule has 6 heteroatoms. The van der Waals surface area contributed by atoms with Gasteiger partial charge >= 0.3 is 0 Å². The molecule has 0 aliphatic rings. The highest BCUT2D eigenvalue weighted by Crippen LogP contribution is 2.20. The number of para-hydroxylation sites is 1. The lowest BCUT2D eigenvalue weighted by Crippen LogP contribution is -2.15. The second-order valence-electron chi connectivity index (χ2n) is 3.98. The Labute approximate surface area is 114 Å². The lowest BCUT2D eigenvalue weighted by Gasteiger charge is -2.11. The minimum absolute atomic E-state index is 0.0827. The maximum absolute atomic E-state index is 13.5. The summed E-state index contributed by atoms with van der Waals surface area (Å²) in [4.78, 5) is 0. The Balaban J connectivity index is 2.21. The second-order valence-corrected chi connectivity index (χ2v) is 3.98. The van der Waals surface area contributed by atoms with Crippen LogP contribution in [0.2, 0.25) is 0 Å². The second kappa shape index (κ2) is 6.01. The van der Waals surface area contributed by atoms with Crippen molar-refractivity contribution in [2.24, 2.45) is 10.9 Å². The Morgan fingerprint density at radius 1 is 1.15 bits per heavy atom. The first-order valence-corrected chi connectivity index (χ1v) is 5.76. The van der Waals surface area contributed by atoms with Crippen molar-refractivity contribution in [2.75, 3.05) is 0 Å². The van der Waals surface area contributed by atoms with Gasteiger partial charge in [0.05, 0.1) is 5.56 Å². The summed E-state index contributed by atoms with van der Waals surface area (Å²) in [5, 5.41) is 11.6. The summed E-state index contributed by atoms with van der Waals surface area (Å²) in [6, 6.07) is 10.4. The highest BCUT2D eigenvalue weighted by Gasteiger charge is 2.11. The molecule has 0 radical (unpaired) electrons. The van der Waals surface area contributed by atoms with Gasteiger partial charge in [-0.15, -0.1) is 0 Å². The van der Waals surface area contributed by atoms with Crippen LogP contribution >= 0.6 is 0 Å². The number of hydrogen-bond donors (Lipinski definition) is 2. The normalized spacial score (nSPS) is 11.4. The van der Waals surface area contributed by atoms with E-state index in [0.717, 1.165) is 6.07 Å². The van der Waals surface area contributed by atoms with E-state index in [-0.39, 0.29) is 18.0 Å². The predicted octanol–water partition coefficient (Wildman–Crippen LogP) is 2.64. The van der Waals surface area contributed by atoms with E-state index in [1.165, 1.54) is 12.1 Å². The number of halogens is 2. The van der Waals surface area contributed by atoms with Gasteiger partial charge in [0.2, 0.25) is 0 Å². The number of nitrogens with two attached hydrogens (primary N) is 1. The van der Waals surface area contributed by atoms with Crippen molar-refractivity contribution >= 4 is 5.84 Å². The number of benzene rings is 2. The summed E-state index contributed by atoms with van der Waals surface area (Å²) < 4.78 is 32.0. The van der Waals surface area contributed by atoms with Gasteiger partial charge in [-0.05, 0) is 18.2 Å². The molecule has 0 aliphatic heterocycles. The molecule has 2 rings (SSSR count). The van der Waals surface area contributed by atoms with Crippen molar-refractivity contribution in [2.45, 2.75) is 6.61 Å². The van der Waals surface area contributed by atoms with Gasteiger partial charge in [0.15, 0.2) is 17.5 Å². The minimum Gasteiger partial charge on any atom is -0.488 e. The van der Waals surface area contributed by atoms with Crippen molar-refractivity contribution in [3.05, 3.63) is 65.2 Å². The molecule has 2 aromatic carbocycles. The fourth-order valence-corrected chi connectivity index (χ4v) is 1.67. The highest BCUT2D eigenvalue weighted by molar-refractivity contribution is 5.99. The molecule has 0 aliphatic carbocycles. The molecule has 0 aromatic heterocycles. The first-order chi connectivity index (χ1) is 9.63. The zero-order valence-corrected chi connectivity index (χ0v) is 10.4. The monoisotopic (exact) mass is 278 g/mol. The fraction of sp³-hybridized carbons (Fsp3) is 0.0714. The quantitative estimate of drug-likeness (QED) is 0.391. The number of amidine groups is 1. The van der Waals surface area contributed by atoms with Gasteiger partial charge < -0.3 is 15.7 Å². The predicted molar refractivity (Wildman–Crippen MR) is 69.6 cm³/mol. The lowest BCUT2D eigenvalue weighted by atomic mass is 10.2. The zero-order chi connectivity index (χ0) is 14.5. The van der Waals surface area contributed by atoms with Gasteiger partial charge in [-0.25, -0.2) is 8.78 Å². The molecule has 0 fully saturated rings. The van der Waals surface area contributed by atoms with E-state index in [9.17, 15) is 8.78 Å². The topological polar surface area (TPSA) is 67.8 Å². The Hall–Kier alpha value is -2.63. The van der Waals surface area contributed by atoms with Crippen molar-refractivity contribution in [3.63, 3.8) is 0 Å². The molecule has 3 N–H and O–H groups in total.